The third-order valence-corrected chi connectivity index (χ3v) is 12.7. The van der Waals surface area contributed by atoms with Gasteiger partial charge in [-0.3, -0.25) is 0 Å². The third kappa shape index (κ3) is 4.77. The van der Waals surface area contributed by atoms with Crippen LogP contribution in [0, 0.1) is 5.41 Å². The van der Waals surface area contributed by atoms with E-state index in [0.29, 0.717) is 0 Å². The summed E-state index contributed by atoms with van der Waals surface area (Å²) in [5.41, 5.74) is 10.5. The van der Waals surface area contributed by atoms with Gasteiger partial charge in [0.05, 0.1) is 11.4 Å². The minimum absolute atomic E-state index is 0.0146. The van der Waals surface area contributed by atoms with Crippen molar-refractivity contribution in [3.05, 3.63) is 157 Å². The normalized spacial score (nSPS) is 15.7. The lowest BCUT2D eigenvalue weighted by Crippen LogP contribution is -2.42. The SMILES string of the molecule is CC1(C)c2cc3ccccc3c(-c3ccc(-c4nc(-c5ccc6ccccc6c5)cc(-c5ccc6ccccc6c5)n4)cc3)c2C(C)(C)C1(C)C. The summed E-state index contributed by atoms with van der Waals surface area (Å²) in [6.07, 6.45) is 0. The molecule has 1 heterocycles. The maximum atomic E-state index is 5.23. The van der Waals surface area contributed by atoms with Crippen LogP contribution in [-0.4, -0.2) is 9.97 Å². The number of benzene rings is 7. The first kappa shape index (κ1) is 31.4. The lowest BCUT2D eigenvalue weighted by atomic mass is 9.59. The second-order valence-electron chi connectivity index (χ2n) is 15.9. The van der Waals surface area contributed by atoms with Crippen LogP contribution < -0.4 is 0 Å². The average Bonchev–Trinajstić information content (AvgIpc) is 3.26. The largest absolute Gasteiger partial charge is 0.228 e. The topological polar surface area (TPSA) is 25.8 Å². The second-order valence-corrected chi connectivity index (χ2v) is 15.9. The van der Waals surface area contributed by atoms with E-state index in [0.717, 1.165) is 33.9 Å². The molecule has 8 aromatic rings. The Morgan fingerprint density at radius 1 is 0.392 bits per heavy atom. The molecule has 0 fully saturated rings. The quantitative estimate of drug-likeness (QED) is 0.188. The minimum atomic E-state index is -0.0318. The molecule has 2 nitrogen and oxygen atoms in total. The summed E-state index contributed by atoms with van der Waals surface area (Å²) in [5.74, 6) is 0.723. The van der Waals surface area contributed by atoms with Crippen LogP contribution in [-0.2, 0) is 10.8 Å². The van der Waals surface area contributed by atoms with Gasteiger partial charge in [-0.15, -0.1) is 0 Å². The fourth-order valence-corrected chi connectivity index (χ4v) is 8.58. The molecule has 51 heavy (non-hydrogen) atoms. The number of rotatable bonds is 4. The van der Waals surface area contributed by atoms with Crippen LogP contribution in [0.1, 0.15) is 52.7 Å². The van der Waals surface area contributed by atoms with Crippen molar-refractivity contribution < 1.29 is 0 Å². The van der Waals surface area contributed by atoms with Gasteiger partial charge in [-0.1, -0.05) is 169 Å². The molecule has 9 rings (SSSR count). The van der Waals surface area contributed by atoms with Crippen molar-refractivity contribution in [1.82, 2.24) is 9.97 Å². The van der Waals surface area contributed by atoms with Crippen molar-refractivity contribution in [2.75, 3.05) is 0 Å². The summed E-state index contributed by atoms with van der Waals surface area (Å²) in [6.45, 7) is 14.6. The molecular formula is C49H42N2. The van der Waals surface area contributed by atoms with E-state index in [2.05, 4.69) is 187 Å². The van der Waals surface area contributed by atoms with Crippen LogP contribution >= 0.6 is 0 Å². The van der Waals surface area contributed by atoms with Crippen molar-refractivity contribution >= 4 is 32.3 Å². The molecule has 2 heteroatoms. The molecule has 1 aromatic heterocycles. The van der Waals surface area contributed by atoms with Crippen LogP contribution in [0.15, 0.2) is 146 Å². The molecule has 0 spiro atoms. The first-order valence-corrected chi connectivity index (χ1v) is 18.1. The van der Waals surface area contributed by atoms with E-state index in [1.165, 1.54) is 54.6 Å². The van der Waals surface area contributed by atoms with Gasteiger partial charge in [0.1, 0.15) is 0 Å². The summed E-state index contributed by atoms with van der Waals surface area (Å²) < 4.78 is 0. The molecule has 1 aliphatic carbocycles. The molecule has 0 amide bonds. The standard InChI is InChI=1S/C49H42N2/c1-47(2)41-29-37-17-11-12-18-40(37)44(45(41)48(3,4)49(47,5)6)33-21-23-34(24-22-33)46-50-42(38-25-19-31-13-7-9-15-35(31)27-38)30-43(51-46)39-26-20-32-14-8-10-16-36(32)28-39/h7-30H,1-6H3. The van der Waals surface area contributed by atoms with Crippen molar-refractivity contribution in [1.29, 1.82) is 0 Å². The fraction of sp³-hybridized carbons (Fsp3) is 0.184. The predicted molar refractivity (Wildman–Crippen MR) is 216 cm³/mol. The van der Waals surface area contributed by atoms with Gasteiger partial charge in [-0.25, -0.2) is 9.97 Å². The lowest BCUT2D eigenvalue weighted by Gasteiger charge is -2.44. The number of hydrogen-bond donors (Lipinski definition) is 0. The third-order valence-electron chi connectivity index (χ3n) is 12.7. The van der Waals surface area contributed by atoms with Crippen molar-refractivity contribution in [3.63, 3.8) is 0 Å². The molecule has 1 aliphatic rings. The van der Waals surface area contributed by atoms with Gasteiger partial charge < -0.3 is 0 Å². The van der Waals surface area contributed by atoms with Gasteiger partial charge >= 0.3 is 0 Å². The van der Waals surface area contributed by atoms with E-state index in [4.69, 9.17) is 9.97 Å². The minimum Gasteiger partial charge on any atom is -0.228 e. The van der Waals surface area contributed by atoms with Gasteiger partial charge in [0.2, 0.25) is 0 Å². The first-order valence-electron chi connectivity index (χ1n) is 18.1. The van der Waals surface area contributed by atoms with Crippen LogP contribution in [0.3, 0.4) is 0 Å². The Morgan fingerprint density at radius 3 is 1.43 bits per heavy atom. The first-order chi connectivity index (χ1) is 24.5. The molecule has 7 aromatic carbocycles. The van der Waals surface area contributed by atoms with E-state index in [-0.39, 0.29) is 16.2 Å². The highest BCUT2D eigenvalue weighted by Gasteiger charge is 2.57. The summed E-state index contributed by atoms with van der Waals surface area (Å²) >= 11 is 0. The lowest BCUT2D eigenvalue weighted by molar-refractivity contribution is 0.125. The second kappa shape index (κ2) is 11.2. The number of hydrogen-bond acceptors (Lipinski definition) is 2. The fourth-order valence-electron chi connectivity index (χ4n) is 8.58. The van der Waals surface area contributed by atoms with Crippen LogP contribution in [0.25, 0.3) is 77.3 Å². The van der Waals surface area contributed by atoms with Crippen molar-refractivity contribution in [2.24, 2.45) is 5.41 Å². The van der Waals surface area contributed by atoms with Crippen LogP contribution in [0.5, 0.6) is 0 Å². The molecule has 0 atom stereocenters. The van der Waals surface area contributed by atoms with E-state index in [1.54, 1.807) is 0 Å². The Labute approximate surface area is 300 Å². The van der Waals surface area contributed by atoms with Crippen molar-refractivity contribution in [2.45, 2.75) is 52.4 Å². The Morgan fingerprint density at radius 2 is 0.863 bits per heavy atom. The molecule has 248 valence electrons. The van der Waals surface area contributed by atoms with E-state index in [9.17, 15) is 0 Å². The summed E-state index contributed by atoms with van der Waals surface area (Å²) in [6, 6.07) is 52.7. The smallest absolute Gasteiger partial charge is 0.160 e. The van der Waals surface area contributed by atoms with Gasteiger partial charge in [0.25, 0.3) is 0 Å². The zero-order valence-electron chi connectivity index (χ0n) is 30.3. The van der Waals surface area contributed by atoms with Crippen LogP contribution in [0.2, 0.25) is 0 Å². The van der Waals surface area contributed by atoms with Gasteiger partial charge in [-0.2, -0.15) is 0 Å². The summed E-state index contributed by atoms with van der Waals surface area (Å²) in [5, 5.41) is 7.43. The molecule has 0 radical (unpaired) electrons. The molecule has 0 saturated heterocycles. The Balaban J connectivity index is 1.22. The van der Waals surface area contributed by atoms with Crippen LogP contribution in [0.4, 0.5) is 0 Å². The van der Waals surface area contributed by atoms with E-state index < -0.39 is 0 Å². The van der Waals surface area contributed by atoms with E-state index in [1.807, 2.05) is 0 Å². The Kier molecular flexibility index (Phi) is 6.89. The maximum absolute atomic E-state index is 5.23. The van der Waals surface area contributed by atoms with Crippen molar-refractivity contribution in [3.8, 4) is 45.0 Å². The highest BCUT2D eigenvalue weighted by molar-refractivity contribution is 6.01. The highest BCUT2D eigenvalue weighted by atomic mass is 14.9. The highest BCUT2D eigenvalue weighted by Crippen LogP contribution is 2.64. The zero-order chi connectivity index (χ0) is 35.1. The molecule has 0 unspecified atom stereocenters. The molecule has 0 bridgehead atoms. The molecule has 0 aliphatic heterocycles. The summed E-state index contributed by atoms with van der Waals surface area (Å²) in [7, 11) is 0. The predicted octanol–water partition coefficient (Wildman–Crippen LogP) is 13.2. The van der Waals surface area contributed by atoms with E-state index >= 15 is 0 Å². The van der Waals surface area contributed by atoms with Gasteiger partial charge in [-0.05, 0) is 89.0 Å². The maximum Gasteiger partial charge on any atom is 0.160 e. The molecular weight excluding hydrogens is 617 g/mol. The monoisotopic (exact) mass is 658 g/mol. The summed E-state index contributed by atoms with van der Waals surface area (Å²) in [4.78, 5) is 10.5. The average molecular weight is 659 g/mol. The number of nitrogens with zero attached hydrogens (tertiary/aromatic N) is 2. The number of aromatic nitrogens is 2. The van der Waals surface area contributed by atoms with Gasteiger partial charge in [0.15, 0.2) is 5.82 Å². The Hall–Kier alpha value is -5.60. The number of fused-ring (bicyclic) bond motifs is 4. The molecule has 0 saturated carbocycles. The Bertz CT molecular complexity index is 2560. The zero-order valence-corrected chi connectivity index (χ0v) is 30.3. The molecule has 0 N–H and O–H groups in total. The van der Waals surface area contributed by atoms with Gasteiger partial charge in [0, 0.05) is 16.7 Å².